The summed E-state index contributed by atoms with van der Waals surface area (Å²) < 4.78 is 34.9. The van der Waals surface area contributed by atoms with Crippen molar-refractivity contribution in [3.63, 3.8) is 0 Å². The Balaban J connectivity index is 3.15. The van der Waals surface area contributed by atoms with Gasteiger partial charge in [0.15, 0.2) is 5.78 Å². The monoisotopic (exact) mass is 482 g/mol. The van der Waals surface area contributed by atoms with Crippen molar-refractivity contribution in [1.82, 2.24) is 0 Å². The Morgan fingerprint density at radius 3 is 2.15 bits per heavy atom. The second-order valence-electron chi connectivity index (χ2n) is 9.06. The van der Waals surface area contributed by atoms with Gasteiger partial charge in [-0.3, -0.25) is 9.35 Å². The molecular weight excluding hydrogens is 448 g/mol. The van der Waals surface area contributed by atoms with Crippen molar-refractivity contribution in [2.45, 2.75) is 54.4 Å². The van der Waals surface area contributed by atoms with E-state index in [2.05, 4.69) is 6.58 Å². The van der Waals surface area contributed by atoms with Gasteiger partial charge < -0.3 is 5.11 Å². The van der Waals surface area contributed by atoms with Gasteiger partial charge in [0.2, 0.25) is 0 Å². The van der Waals surface area contributed by atoms with Crippen LogP contribution in [0.3, 0.4) is 0 Å². The van der Waals surface area contributed by atoms with E-state index in [-0.39, 0.29) is 33.8 Å². The third-order valence-electron chi connectivity index (χ3n) is 5.88. The highest BCUT2D eigenvalue weighted by Crippen LogP contribution is 2.42. The van der Waals surface area contributed by atoms with Crippen LogP contribution in [0, 0.1) is 12.8 Å². The third-order valence-corrected chi connectivity index (χ3v) is 6.80. The first-order valence-electron chi connectivity index (χ1n) is 11.2. The Kier molecular flexibility index (Phi) is 8.45. The molecule has 0 bridgehead atoms. The molecule has 6 heteroatoms. The van der Waals surface area contributed by atoms with Crippen molar-refractivity contribution in [2.24, 2.45) is 5.92 Å². The minimum atomic E-state index is -4.60. The van der Waals surface area contributed by atoms with Gasteiger partial charge in [-0.15, -0.1) is 0 Å². The van der Waals surface area contributed by atoms with Crippen LogP contribution in [0.2, 0.25) is 0 Å². The molecule has 0 radical (unpaired) electrons. The Hall–Kier alpha value is -2.96. The molecule has 34 heavy (non-hydrogen) atoms. The molecule has 0 saturated heterocycles. The molecule has 0 spiro atoms. The van der Waals surface area contributed by atoms with Gasteiger partial charge in [-0.1, -0.05) is 46.4 Å². The average molecular weight is 483 g/mol. The number of rotatable bonds is 7. The molecule has 1 aromatic carbocycles. The van der Waals surface area contributed by atoms with Crippen molar-refractivity contribution in [3.05, 3.63) is 93.0 Å². The second kappa shape index (κ2) is 10.5. The van der Waals surface area contributed by atoms with Crippen molar-refractivity contribution in [3.8, 4) is 5.75 Å². The van der Waals surface area contributed by atoms with Gasteiger partial charge in [-0.05, 0) is 102 Å². The maximum Gasteiger partial charge on any atom is 0.295 e. The van der Waals surface area contributed by atoms with Crippen LogP contribution in [-0.2, 0) is 14.9 Å². The van der Waals surface area contributed by atoms with E-state index < -0.39 is 10.1 Å². The number of hydrogen-bond donors (Lipinski definition) is 2. The molecule has 0 atom stereocenters. The fourth-order valence-corrected chi connectivity index (χ4v) is 4.89. The molecule has 0 amide bonds. The highest BCUT2D eigenvalue weighted by molar-refractivity contribution is 7.90. The van der Waals surface area contributed by atoms with Gasteiger partial charge in [0, 0.05) is 5.57 Å². The van der Waals surface area contributed by atoms with Crippen molar-refractivity contribution >= 4 is 21.5 Å². The minimum absolute atomic E-state index is 0.00996. The van der Waals surface area contributed by atoms with Crippen molar-refractivity contribution in [1.29, 1.82) is 0 Å². The quantitative estimate of drug-likeness (QED) is 0.338. The zero-order valence-electron chi connectivity index (χ0n) is 20.9. The summed E-state index contributed by atoms with van der Waals surface area (Å²) in [6.07, 6.45) is 7.55. The molecular formula is C28H34O5S. The average Bonchev–Trinajstić information content (AvgIpc) is 2.70. The fraction of sp³-hybridized carbons (Fsp3) is 0.321. The predicted molar refractivity (Wildman–Crippen MR) is 139 cm³/mol. The summed E-state index contributed by atoms with van der Waals surface area (Å²) in [6, 6.07) is 3.51. The minimum Gasteiger partial charge on any atom is -0.508 e. The van der Waals surface area contributed by atoms with Gasteiger partial charge in [0.05, 0.1) is 0 Å². The van der Waals surface area contributed by atoms with Crippen LogP contribution in [0.15, 0.2) is 76.3 Å². The first kappa shape index (κ1) is 27.3. The number of aryl methyl sites for hydroxylation is 1. The Morgan fingerprint density at radius 1 is 1.06 bits per heavy atom. The predicted octanol–water partition coefficient (Wildman–Crippen LogP) is 6.59. The first-order valence-corrected chi connectivity index (χ1v) is 12.7. The third kappa shape index (κ3) is 5.57. The molecule has 0 fully saturated rings. The molecule has 1 aliphatic carbocycles. The summed E-state index contributed by atoms with van der Waals surface area (Å²) >= 11 is 0. The van der Waals surface area contributed by atoms with Crippen LogP contribution in [0.1, 0.15) is 64.2 Å². The summed E-state index contributed by atoms with van der Waals surface area (Å²) in [4.78, 5) is 12.4. The van der Waals surface area contributed by atoms with Gasteiger partial charge in [-0.25, -0.2) is 0 Å². The summed E-state index contributed by atoms with van der Waals surface area (Å²) in [6.45, 7) is 16.7. The number of phenols is 1. The normalized spacial score (nSPS) is 17.2. The lowest BCUT2D eigenvalue weighted by atomic mass is 9.80. The second-order valence-corrected chi connectivity index (χ2v) is 10.4. The number of ketones is 1. The van der Waals surface area contributed by atoms with Crippen LogP contribution >= 0.6 is 0 Å². The topological polar surface area (TPSA) is 91.7 Å². The van der Waals surface area contributed by atoms with E-state index in [1.807, 2.05) is 40.7 Å². The fourth-order valence-electron chi connectivity index (χ4n) is 4.13. The molecule has 0 aromatic heterocycles. The van der Waals surface area contributed by atoms with E-state index in [0.717, 1.165) is 5.56 Å². The summed E-state index contributed by atoms with van der Waals surface area (Å²) in [5, 5.41) is 10.5. The zero-order valence-corrected chi connectivity index (χ0v) is 21.7. The number of benzene rings is 1. The van der Waals surface area contributed by atoms with Crippen LogP contribution in [-0.4, -0.2) is 23.9 Å². The summed E-state index contributed by atoms with van der Waals surface area (Å²) in [5.74, 6) is 0.0399. The Labute approximate surface area is 203 Å². The molecule has 5 nitrogen and oxygen atoms in total. The highest BCUT2D eigenvalue weighted by atomic mass is 32.2. The van der Waals surface area contributed by atoms with Gasteiger partial charge >= 0.3 is 0 Å². The van der Waals surface area contributed by atoms with E-state index in [1.54, 1.807) is 38.1 Å². The number of hydrogen-bond acceptors (Lipinski definition) is 4. The molecule has 1 aliphatic rings. The van der Waals surface area contributed by atoms with Crippen molar-refractivity contribution < 1.29 is 22.9 Å². The Bertz CT molecular complexity index is 1280. The van der Waals surface area contributed by atoms with Crippen molar-refractivity contribution in [2.75, 3.05) is 0 Å². The molecule has 0 saturated carbocycles. The standard InChI is InChI=1S/C28H34O5S/c1-9-11-27(34(31,32)33)20(10-2)28(23-14-21(16(3)4)25(29)12-18(23)7)24-15-22(17(5)6)26(30)13-19(24)8/h9-17,29H,1H2,2-8H3,(H,31,32,33)/b20-10+,27-11+,28-24+. The number of phenolic OH excluding ortho intramolecular Hbond substituents is 1. The maximum absolute atomic E-state index is 12.7. The van der Waals surface area contributed by atoms with E-state index in [0.29, 0.717) is 33.4 Å². The molecule has 182 valence electrons. The number of allylic oxidation sites excluding steroid dienone is 10. The molecule has 2 N–H and O–H groups in total. The van der Waals surface area contributed by atoms with Crippen LogP contribution in [0.5, 0.6) is 5.75 Å². The molecule has 1 aromatic rings. The van der Waals surface area contributed by atoms with E-state index in [1.165, 1.54) is 12.2 Å². The number of carbonyl (C=O) groups is 1. The molecule has 0 heterocycles. The largest absolute Gasteiger partial charge is 0.508 e. The van der Waals surface area contributed by atoms with E-state index in [4.69, 9.17) is 0 Å². The number of carbonyl (C=O) groups excluding carboxylic acids is 1. The van der Waals surface area contributed by atoms with Crippen LogP contribution < -0.4 is 0 Å². The van der Waals surface area contributed by atoms with Gasteiger partial charge in [0.1, 0.15) is 10.7 Å². The molecule has 0 unspecified atom stereocenters. The lowest BCUT2D eigenvalue weighted by molar-refractivity contribution is -0.111. The van der Waals surface area contributed by atoms with Crippen LogP contribution in [0.25, 0.3) is 5.57 Å². The molecule has 2 rings (SSSR count). The Morgan fingerprint density at radius 2 is 1.68 bits per heavy atom. The van der Waals surface area contributed by atoms with E-state index >= 15 is 0 Å². The van der Waals surface area contributed by atoms with Gasteiger partial charge in [0.25, 0.3) is 10.1 Å². The number of aromatic hydroxyl groups is 1. The van der Waals surface area contributed by atoms with Gasteiger partial charge in [-0.2, -0.15) is 8.42 Å². The summed E-state index contributed by atoms with van der Waals surface area (Å²) in [5.41, 5.74) is 4.92. The smallest absolute Gasteiger partial charge is 0.295 e. The maximum atomic E-state index is 12.7. The zero-order chi connectivity index (χ0) is 26.0. The SMILES string of the molecule is C=C\C=C(C(=C\C)/C(=C1/C=C(C(C)C)C(=O)C=C1C)c1cc(C(C)C)c(O)cc1C)\S(=O)(=O)O. The lowest BCUT2D eigenvalue weighted by Gasteiger charge is -2.25. The highest BCUT2D eigenvalue weighted by Gasteiger charge is 2.28. The molecule has 0 aliphatic heterocycles. The summed E-state index contributed by atoms with van der Waals surface area (Å²) in [7, 11) is -4.60. The van der Waals surface area contributed by atoms with E-state index in [9.17, 15) is 22.9 Å². The first-order chi connectivity index (χ1) is 15.7. The van der Waals surface area contributed by atoms with Crippen LogP contribution in [0.4, 0.5) is 0 Å². The lowest BCUT2D eigenvalue weighted by Crippen LogP contribution is -2.14.